The quantitative estimate of drug-likeness (QED) is 0.754. The summed E-state index contributed by atoms with van der Waals surface area (Å²) in [5.74, 6) is -0.172. The van der Waals surface area contributed by atoms with Gasteiger partial charge in [-0.2, -0.15) is 0 Å². The van der Waals surface area contributed by atoms with Crippen LogP contribution in [0.2, 0.25) is 0 Å². The predicted molar refractivity (Wildman–Crippen MR) is 90.4 cm³/mol. The molecule has 5 nitrogen and oxygen atoms in total. The Hall–Kier alpha value is -1.82. The van der Waals surface area contributed by atoms with Gasteiger partial charge in [-0.25, -0.2) is 9.18 Å². The monoisotopic (exact) mass is 323 g/mol. The third-order valence-electron chi connectivity index (χ3n) is 4.14. The van der Waals surface area contributed by atoms with Crippen molar-refractivity contribution in [2.24, 2.45) is 5.92 Å². The van der Waals surface area contributed by atoms with Crippen molar-refractivity contribution >= 4 is 17.4 Å². The molecule has 1 atom stereocenters. The number of anilines is 2. The lowest BCUT2D eigenvalue weighted by atomic mass is 10.1. The minimum absolute atomic E-state index is 0.105. The Labute approximate surface area is 136 Å². The number of halogens is 1. The summed E-state index contributed by atoms with van der Waals surface area (Å²) >= 11 is 0. The van der Waals surface area contributed by atoms with Crippen LogP contribution >= 0.6 is 0 Å². The van der Waals surface area contributed by atoms with Gasteiger partial charge in [-0.1, -0.05) is 6.92 Å². The van der Waals surface area contributed by atoms with E-state index >= 15 is 0 Å². The van der Waals surface area contributed by atoms with Gasteiger partial charge in [-0.05, 0) is 49.8 Å². The summed E-state index contributed by atoms with van der Waals surface area (Å²) in [4.78, 5) is 14.2. The zero-order valence-corrected chi connectivity index (χ0v) is 13.6. The first-order valence-corrected chi connectivity index (χ1v) is 8.30. The molecule has 23 heavy (non-hydrogen) atoms. The van der Waals surface area contributed by atoms with Gasteiger partial charge in [0.05, 0.1) is 11.4 Å². The van der Waals surface area contributed by atoms with Crippen LogP contribution < -0.4 is 15.5 Å². The van der Waals surface area contributed by atoms with Crippen molar-refractivity contribution in [2.75, 3.05) is 36.5 Å². The number of urea groups is 1. The molecule has 1 aliphatic rings. The van der Waals surface area contributed by atoms with Gasteiger partial charge in [0.2, 0.25) is 0 Å². The van der Waals surface area contributed by atoms with E-state index in [1.165, 1.54) is 18.6 Å². The first-order chi connectivity index (χ1) is 11.1. The number of piperidine rings is 1. The van der Waals surface area contributed by atoms with E-state index in [0.29, 0.717) is 18.7 Å². The molecule has 1 aliphatic heterocycles. The van der Waals surface area contributed by atoms with Gasteiger partial charge in [0.1, 0.15) is 5.82 Å². The second-order valence-corrected chi connectivity index (χ2v) is 6.16. The third-order valence-corrected chi connectivity index (χ3v) is 4.14. The number of carbonyl (C=O) groups is 1. The normalized spacial score (nSPS) is 16.0. The number of carbonyl (C=O) groups excluding carboxylic acids is 1. The van der Waals surface area contributed by atoms with Gasteiger partial charge in [-0.3, -0.25) is 0 Å². The highest BCUT2D eigenvalue weighted by molar-refractivity contribution is 5.93. The number of hydrogen-bond acceptors (Lipinski definition) is 3. The van der Waals surface area contributed by atoms with Gasteiger partial charge >= 0.3 is 6.03 Å². The molecule has 1 aromatic carbocycles. The molecule has 0 aromatic heterocycles. The SMILES string of the molecule is CC(CCO)CNC(=O)Nc1cc(F)ccc1N1CCCCC1. The van der Waals surface area contributed by atoms with Gasteiger partial charge in [0.25, 0.3) is 0 Å². The van der Waals surface area contributed by atoms with Crippen LogP contribution in [0.3, 0.4) is 0 Å². The molecule has 2 rings (SSSR count). The Morgan fingerprint density at radius 1 is 1.35 bits per heavy atom. The molecule has 6 heteroatoms. The average molecular weight is 323 g/mol. The fourth-order valence-corrected chi connectivity index (χ4v) is 2.77. The first-order valence-electron chi connectivity index (χ1n) is 8.30. The number of benzene rings is 1. The van der Waals surface area contributed by atoms with Crippen molar-refractivity contribution in [3.05, 3.63) is 24.0 Å². The number of nitrogens with one attached hydrogen (secondary N) is 2. The van der Waals surface area contributed by atoms with Gasteiger partial charge in [0, 0.05) is 26.2 Å². The van der Waals surface area contributed by atoms with Crippen LogP contribution in [0.25, 0.3) is 0 Å². The summed E-state index contributed by atoms with van der Waals surface area (Å²) in [5, 5.41) is 14.4. The number of rotatable bonds is 6. The van der Waals surface area contributed by atoms with Crippen molar-refractivity contribution in [3.63, 3.8) is 0 Å². The molecule has 3 N–H and O–H groups in total. The van der Waals surface area contributed by atoms with E-state index in [-0.39, 0.29) is 24.4 Å². The molecular weight excluding hydrogens is 297 g/mol. The fraction of sp³-hybridized carbons (Fsp3) is 0.588. The van der Waals surface area contributed by atoms with Crippen molar-refractivity contribution in [1.82, 2.24) is 5.32 Å². The zero-order chi connectivity index (χ0) is 16.7. The summed E-state index contributed by atoms with van der Waals surface area (Å²) < 4.78 is 13.6. The molecule has 0 bridgehead atoms. The molecule has 128 valence electrons. The fourth-order valence-electron chi connectivity index (χ4n) is 2.77. The summed E-state index contributed by atoms with van der Waals surface area (Å²) in [6, 6.07) is 4.17. The van der Waals surface area contributed by atoms with E-state index in [4.69, 9.17) is 5.11 Å². The predicted octanol–water partition coefficient (Wildman–Crippen LogP) is 2.96. The lowest BCUT2D eigenvalue weighted by molar-refractivity contribution is 0.243. The zero-order valence-electron chi connectivity index (χ0n) is 13.6. The highest BCUT2D eigenvalue weighted by Gasteiger charge is 2.16. The topological polar surface area (TPSA) is 64.6 Å². The molecule has 0 spiro atoms. The van der Waals surface area contributed by atoms with E-state index in [9.17, 15) is 9.18 Å². The number of aliphatic hydroxyl groups excluding tert-OH is 1. The van der Waals surface area contributed by atoms with E-state index in [1.807, 2.05) is 6.92 Å². The molecule has 1 saturated heterocycles. The second-order valence-electron chi connectivity index (χ2n) is 6.16. The van der Waals surface area contributed by atoms with Crippen LogP contribution in [0.15, 0.2) is 18.2 Å². The lowest BCUT2D eigenvalue weighted by Crippen LogP contribution is -2.34. The minimum Gasteiger partial charge on any atom is -0.396 e. The molecule has 2 amide bonds. The Kier molecular flexibility index (Phi) is 6.65. The summed E-state index contributed by atoms with van der Waals surface area (Å²) in [7, 11) is 0. The lowest BCUT2D eigenvalue weighted by Gasteiger charge is -2.30. The Morgan fingerprint density at radius 3 is 2.78 bits per heavy atom. The number of hydrogen-bond donors (Lipinski definition) is 3. The Morgan fingerprint density at radius 2 is 2.09 bits per heavy atom. The summed E-state index contributed by atoms with van der Waals surface area (Å²) in [6.07, 6.45) is 4.08. The second kappa shape index (κ2) is 8.72. The Balaban J connectivity index is 2.00. The van der Waals surface area contributed by atoms with Crippen molar-refractivity contribution in [3.8, 4) is 0 Å². The van der Waals surface area contributed by atoms with Crippen LogP contribution in [0.5, 0.6) is 0 Å². The highest BCUT2D eigenvalue weighted by Crippen LogP contribution is 2.29. The number of aliphatic hydroxyl groups is 1. The van der Waals surface area contributed by atoms with E-state index in [1.54, 1.807) is 6.07 Å². The Bertz CT molecular complexity index is 519. The standard InChI is InChI=1S/C17H26FN3O2/c1-13(7-10-22)12-19-17(23)20-15-11-14(18)5-6-16(15)21-8-3-2-4-9-21/h5-6,11,13,22H,2-4,7-10,12H2,1H3,(H2,19,20,23). The minimum atomic E-state index is -0.366. The van der Waals surface area contributed by atoms with Crippen LogP contribution in [0.1, 0.15) is 32.6 Å². The number of amides is 2. The van der Waals surface area contributed by atoms with Crippen LogP contribution in [-0.2, 0) is 0 Å². The van der Waals surface area contributed by atoms with E-state index in [0.717, 1.165) is 31.6 Å². The third kappa shape index (κ3) is 5.39. The van der Waals surface area contributed by atoms with E-state index < -0.39 is 0 Å². The van der Waals surface area contributed by atoms with E-state index in [2.05, 4.69) is 15.5 Å². The maximum absolute atomic E-state index is 13.6. The first kappa shape index (κ1) is 17.5. The molecule has 1 fully saturated rings. The maximum atomic E-state index is 13.6. The maximum Gasteiger partial charge on any atom is 0.319 e. The highest BCUT2D eigenvalue weighted by atomic mass is 19.1. The van der Waals surface area contributed by atoms with Crippen LogP contribution in [0.4, 0.5) is 20.6 Å². The van der Waals surface area contributed by atoms with Gasteiger partial charge < -0.3 is 20.6 Å². The van der Waals surface area contributed by atoms with Gasteiger partial charge in [0.15, 0.2) is 0 Å². The molecule has 0 saturated carbocycles. The average Bonchev–Trinajstić information content (AvgIpc) is 2.54. The summed E-state index contributed by atoms with van der Waals surface area (Å²) in [5.41, 5.74) is 1.36. The van der Waals surface area contributed by atoms with Crippen molar-refractivity contribution in [1.29, 1.82) is 0 Å². The molecule has 0 radical (unpaired) electrons. The van der Waals surface area contributed by atoms with Crippen molar-refractivity contribution in [2.45, 2.75) is 32.6 Å². The number of nitrogens with zero attached hydrogens (tertiary/aromatic N) is 1. The molecule has 0 aliphatic carbocycles. The van der Waals surface area contributed by atoms with Crippen LogP contribution in [0, 0.1) is 11.7 Å². The largest absolute Gasteiger partial charge is 0.396 e. The van der Waals surface area contributed by atoms with Crippen LogP contribution in [-0.4, -0.2) is 37.4 Å². The smallest absolute Gasteiger partial charge is 0.319 e. The molecule has 1 unspecified atom stereocenters. The van der Waals surface area contributed by atoms with Crippen molar-refractivity contribution < 1.29 is 14.3 Å². The summed E-state index contributed by atoms with van der Waals surface area (Å²) in [6.45, 7) is 4.39. The van der Waals surface area contributed by atoms with Gasteiger partial charge in [-0.15, -0.1) is 0 Å². The molecular formula is C17H26FN3O2. The molecule has 1 heterocycles. The molecule has 1 aromatic rings.